The maximum absolute atomic E-state index is 13.1. The summed E-state index contributed by atoms with van der Waals surface area (Å²) in [5, 5.41) is 19.7. The van der Waals surface area contributed by atoms with E-state index >= 15 is 0 Å². The van der Waals surface area contributed by atoms with Crippen molar-refractivity contribution in [1.82, 2.24) is 39.9 Å². The average molecular weight is 974 g/mol. The van der Waals surface area contributed by atoms with Crippen molar-refractivity contribution >= 4 is 51.0 Å². The second-order valence-corrected chi connectivity index (χ2v) is 20.1. The number of hydrogen-bond acceptors (Lipinski definition) is 9. The fourth-order valence-electron chi connectivity index (χ4n) is 8.80. The van der Waals surface area contributed by atoms with Gasteiger partial charge >= 0.3 is 11.7 Å². The van der Waals surface area contributed by atoms with E-state index in [2.05, 4.69) is 173 Å². The first kappa shape index (κ1) is 52.5. The van der Waals surface area contributed by atoms with Gasteiger partial charge in [-0.15, -0.1) is 0 Å². The summed E-state index contributed by atoms with van der Waals surface area (Å²) in [6.07, 6.45) is 3.02. The molecule has 72 heavy (non-hydrogen) atoms. The zero-order valence-electron chi connectivity index (χ0n) is 44.1. The Morgan fingerprint density at radius 2 is 1.15 bits per heavy atom. The number of aliphatic carboxylic acids is 1. The number of nitrogens with zero attached hydrogens (tertiary/aromatic N) is 9. The topological polar surface area (TPSA) is 178 Å². The average Bonchev–Trinajstić information content (AvgIpc) is 4.23. The van der Waals surface area contributed by atoms with Crippen molar-refractivity contribution in [2.45, 2.75) is 92.9 Å². The van der Waals surface area contributed by atoms with E-state index in [1.54, 1.807) is 4.68 Å². The molecule has 0 unspecified atom stereocenters. The first-order chi connectivity index (χ1) is 34.5. The summed E-state index contributed by atoms with van der Waals surface area (Å²) in [5.41, 5.74) is 14.0. The Labute approximate surface area is 424 Å². The van der Waals surface area contributed by atoms with Gasteiger partial charge in [0.2, 0.25) is 5.70 Å². The highest BCUT2D eigenvalue weighted by Crippen LogP contribution is 2.32. The van der Waals surface area contributed by atoms with Crippen LogP contribution in [-0.2, 0) is 29.1 Å². The molecule has 3 aromatic heterocycles. The van der Waals surface area contributed by atoms with Crippen LogP contribution in [0.5, 0.6) is 0 Å². The molecule has 6 heterocycles. The van der Waals surface area contributed by atoms with Gasteiger partial charge in [0.1, 0.15) is 33.5 Å². The SMILES string of the molecule is CC.CC(C)(C)c1ccc(-c2nc3c(N4CCNCC4)cccc3[nH]2)cc1.CCC1=[N+]=NC(C(=O)O)=C1.CCc1cc(C(=O)N2CCN(c3cccc4[nH]c(-c5ccc(C(C)(C)C)cc5)nc34)CC2)n(C)n1. The lowest BCUT2D eigenvalue weighted by Crippen LogP contribution is -2.49. The molecule has 3 aliphatic rings. The van der Waals surface area contributed by atoms with Gasteiger partial charge in [-0.1, -0.05) is 130 Å². The van der Waals surface area contributed by atoms with Crippen LogP contribution in [0.2, 0.25) is 0 Å². The van der Waals surface area contributed by atoms with Crippen LogP contribution in [0.1, 0.15) is 103 Å². The minimum Gasteiger partial charge on any atom is -0.476 e. The molecule has 15 heteroatoms. The number of nitrogens with one attached hydrogen (secondary N) is 3. The Morgan fingerprint density at radius 1 is 0.667 bits per heavy atom. The number of fused-ring (bicyclic) bond motifs is 2. The van der Waals surface area contributed by atoms with Gasteiger partial charge in [0.05, 0.1) is 45.4 Å². The number of rotatable bonds is 8. The number of carboxylic acid groups (broad SMARTS) is 1. The van der Waals surface area contributed by atoms with Crippen molar-refractivity contribution in [3.8, 4) is 22.8 Å². The monoisotopic (exact) mass is 974 g/mol. The fourth-order valence-corrected chi connectivity index (χ4v) is 8.80. The molecule has 1 amide bonds. The number of benzene rings is 4. The van der Waals surface area contributed by atoms with Crippen LogP contribution >= 0.6 is 0 Å². The number of aryl methyl sites for hydroxylation is 2. The van der Waals surface area contributed by atoms with E-state index in [-0.39, 0.29) is 22.4 Å². The van der Waals surface area contributed by atoms with Crippen molar-refractivity contribution in [1.29, 1.82) is 0 Å². The maximum Gasteiger partial charge on any atom is 0.362 e. The van der Waals surface area contributed by atoms with Crippen LogP contribution in [0, 0.1) is 0 Å². The zero-order chi connectivity index (χ0) is 51.7. The first-order valence-corrected chi connectivity index (χ1v) is 25.5. The Bertz CT molecular complexity index is 3070. The zero-order valence-corrected chi connectivity index (χ0v) is 44.1. The number of para-hydroxylation sites is 2. The van der Waals surface area contributed by atoms with Crippen molar-refractivity contribution in [3.63, 3.8) is 0 Å². The summed E-state index contributed by atoms with van der Waals surface area (Å²) in [6.45, 7) is 28.3. The summed E-state index contributed by atoms with van der Waals surface area (Å²) < 4.78 is 1.70. The smallest absolute Gasteiger partial charge is 0.362 e. The number of H-pyrrole nitrogens is 2. The summed E-state index contributed by atoms with van der Waals surface area (Å²) >= 11 is 0. The second kappa shape index (κ2) is 22.8. The van der Waals surface area contributed by atoms with E-state index in [1.165, 1.54) is 22.9 Å². The Kier molecular flexibility index (Phi) is 16.6. The Hall–Kier alpha value is -7.35. The van der Waals surface area contributed by atoms with Gasteiger partial charge in [0.15, 0.2) is 0 Å². The van der Waals surface area contributed by atoms with E-state index in [4.69, 9.17) is 15.1 Å². The molecule has 4 aromatic carbocycles. The third-order valence-electron chi connectivity index (χ3n) is 13.1. The normalized spacial score (nSPS) is 14.7. The Balaban J connectivity index is 0.000000178. The molecule has 0 saturated carbocycles. The summed E-state index contributed by atoms with van der Waals surface area (Å²) in [5.74, 6) is 0.855. The molecular weight excluding hydrogens is 901 g/mol. The molecule has 3 aliphatic heterocycles. The predicted molar refractivity (Wildman–Crippen MR) is 291 cm³/mol. The number of carbonyl (C=O) groups is 2. The highest BCUT2D eigenvalue weighted by molar-refractivity contribution is 5.99. The molecular formula is C57H73N12O3+. The second-order valence-electron chi connectivity index (χ2n) is 20.1. The number of carboxylic acids is 1. The number of piperazine rings is 2. The van der Waals surface area contributed by atoms with Crippen LogP contribution in [0.15, 0.2) is 108 Å². The molecule has 0 atom stereocenters. The number of carbonyl (C=O) groups excluding carboxylic acids is 1. The molecule has 0 bridgehead atoms. The standard InChI is InChI=1S/C28H34N6O.C21H26N4.C6H6N2O2.C2H6/c1-6-21-18-24(32(5)31-21)27(35)34-16-14-33(15-17-34)23-9-7-8-22-25(23)30-26(29-22)19-10-12-20(13-11-19)28(2,3)4;1-21(2,3)16-9-7-15(8-10-16)20-23-17-5-4-6-18(19(17)24-20)25-13-11-22-12-14-25;1-2-4-3-5(6(9)10)8-7-4;1-2/h7-13,18H,6,14-17H2,1-5H3,(H,29,30);4-10,22H,11-14H2,1-3H3,(H,23,24);3H,2H2,1H3;1-2H3/p+1. The highest BCUT2D eigenvalue weighted by Gasteiger charge is 2.27. The number of aromatic nitrogens is 6. The molecule has 378 valence electrons. The third-order valence-corrected chi connectivity index (χ3v) is 13.1. The molecule has 2 saturated heterocycles. The van der Waals surface area contributed by atoms with Gasteiger partial charge in [-0.3, -0.25) is 9.48 Å². The van der Waals surface area contributed by atoms with E-state index in [0.717, 1.165) is 114 Å². The maximum atomic E-state index is 13.1. The van der Waals surface area contributed by atoms with Gasteiger partial charge in [-0.05, 0) is 58.7 Å². The van der Waals surface area contributed by atoms with Crippen molar-refractivity contribution in [2.24, 2.45) is 12.2 Å². The van der Waals surface area contributed by atoms with Gasteiger partial charge in [-0.2, -0.15) is 5.10 Å². The van der Waals surface area contributed by atoms with Crippen LogP contribution in [0.3, 0.4) is 0 Å². The number of aromatic amines is 2. The largest absolute Gasteiger partial charge is 0.476 e. The summed E-state index contributed by atoms with van der Waals surface area (Å²) in [7, 11) is 1.84. The predicted octanol–water partition coefficient (Wildman–Crippen LogP) is 10.2. The van der Waals surface area contributed by atoms with Crippen molar-refractivity contribution in [3.05, 3.63) is 125 Å². The van der Waals surface area contributed by atoms with Gasteiger partial charge in [-0.25, -0.2) is 14.8 Å². The molecule has 7 aromatic rings. The molecule has 0 spiro atoms. The van der Waals surface area contributed by atoms with Crippen LogP contribution in [0.25, 0.3) is 44.8 Å². The van der Waals surface area contributed by atoms with E-state index in [9.17, 15) is 9.59 Å². The number of amides is 1. The molecule has 4 N–H and O–H groups in total. The van der Waals surface area contributed by atoms with Gasteiger partial charge < -0.3 is 35.1 Å². The van der Waals surface area contributed by atoms with Gasteiger partial charge in [0.25, 0.3) is 5.91 Å². The number of allylic oxidation sites excluding steroid dienone is 1. The number of imidazole rings is 2. The minimum atomic E-state index is -1.02. The lowest BCUT2D eigenvalue weighted by atomic mass is 9.87. The molecule has 15 nitrogen and oxygen atoms in total. The van der Waals surface area contributed by atoms with Crippen LogP contribution in [0.4, 0.5) is 11.4 Å². The van der Waals surface area contributed by atoms with E-state index in [1.807, 2.05) is 38.8 Å². The lowest BCUT2D eigenvalue weighted by molar-refractivity contribution is -0.135. The summed E-state index contributed by atoms with van der Waals surface area (Å²) in [4.78, 5) is 50.5. The van der Waals surface area contributed by atoms with Crippen LogP contribution < -0.4 is 15.1 Å². The first-order valence-electron chi connectivity index (χ1n) is 25.5. The minimum absolute atomic E-state index is 0.0249. The van der Waals surface area contributed by atoms with E-state index in [0.29, 0.717) is 18.8 Å². The molecule has 0 aliphatic carbocycles. The molecule has 10 rings (SSSR count). The fraction of sp³-hybridized carbons (Fsp3) is 0.404. The Morgan fingerprint density at radius 3 is 1.56 bits per heavy atom. The molecule has 2 fully saturated rings. The lowest BCUT2D eigenvalue weighted by Gasteiger charge is -2.36. The van der Waals surface area contributed by atoms with Crippen LogP contribution in [-0.4, -0.2) is 114 Å². The summed E-state index contributed by atoms with van der Waals surface area (Å²) in [6, 6.07) is 32.0. The van der Waals surface area contributed by atoms with Crippen molar-refractivity contribution in [2.75, 3.05) is 62.2 Å². The number of hydrogen-bond donors (Lipinski definition) is 4. The molecule has 0 radical (unpaired) electrons. The van der Waals surface area contributed by atoms with E-state index < -0.39 is 5.97 Å². The number of anilines is 2. The van der Waals surface area contributed by atoms with Crippen molar-refractivity contribution < 1.29 is 19.5 Å². The quantitative estimate of drug-likeness (QED) is 0.108. The highest BCUT2D eigenvalue weighted by atomic mass is 16.4. The third kappa shape index (κ3) is 12.2. The van der Waals surface area contributed by atoms with Gasteiger partial charge in [0, 0.05) is 70.5 Å².